The number of rotatable bonds is 77. The van der Waals surface area contributed by atoms with E-state index in [-0.39, 0.29) is 25.7 Å². The van der Waals surface area contributed by atoms with E-state index >= 15 is 0 Å². The van der Waals surface area contributed by atoms with E-state index in [4.69, 9.17) is 37.0 Å². The van der Waals surface area contributed by atoms with Gasteiger partial charge >= 0.3 is 39.5 Å². The van der Waals surface area contributed by atoms with E-state index in [1.807, 2.05) is 0 Å². The van der Waals surface area contributed by atoms with Gasteiger partial charge in [0.1, 0.15) is 19.3 Å². The number of phosphoric ester groups is 2. The number of carbonyl (C=O) groups is 4. The lowest BCUT2D eigenvalue weighted by atomic mass is 9.99. The number of hydrogen-bond donors (Lipinski definition) is 3. The second kappa shape index (κ2) is 69.8. The fraction of sp³-hybridized carbons (Fsp3) is 0.949. The molecule has 0 aliphatic carbocycles. The largest absolute Gasteiger partial charge is 0.472 e. The summed E-state index contributed by atoms with van der Waals surface area (Å²) in [6.45, 7) is 9.66. The molecule has 0 aromatic rings. The lowest BCUT2D eigenvalue weighted by Gasteiger charge is -2.21. The summed E-state index contributed by atoms with van der Waals surface area (Å²) in [5, 5.41) is 10.6. The van der Waals surface area contributed by atoms with Crippen molar-refractivity contribution < 1.29 is 80.2 Å². The van der Waals surface area contributed by atoms with Crippen molar-refractivity contribution in [2.24, 2.45) is 11.8 Å². The topological polar surface area (TPSA) is 237 Å². The molecule has 576 valence electrons. The van der Waals surface area contributed by atoms with Gasteiger partial charge in [0.05, 0.1) is 26.4 Å². The summed E-state index contributed by atoms with van der Waals surface area (Å²) < 4.78 is 68.5. The van der Waals surface area contributed by atoms with E-state index in [2.05, 4.69) is 41.5 Å². The molecular weight excluding hydrogens is 1270 g/mol. The molecular formula is C78H152O17P2. The lowest BCUT2D eigenvalue weighted by Crippen LogP contribution is -2.30. The number of esters is 4. The summed E-state index contributed by atoms with van der Waals surface area (Å²) >= 11 is 0. The van der Waals surface area contributed by atoms with Crippen molar-refractivity contribution in [1.82, 2.24) is 0 Å². The van der Waals surface area contributed by atoms with Crippen LogP contribution in [0.25, 0.3) is 0 Å². The van der Waals surface area contributed by atoms with Crippen LogP contribution in [0.15, 0.2) is 0 Å². The summed E-state index contributed by atoms with van der Waals surface area (Å²) in [5.41, 5.74) is 0. The Bertz CT molecular complexity index is 1870. The van der Waals surface area contributed by atoms with E-state index in [0.717, 1.165) is 108 Å². The van der Waals surface area contributed by atoms with E-state index < -0.39 is 97.5 Å². The van der Waals surface area contributed by atoms with Crippen LogP contribution in [0.2, 0.25) is 0 Å². The summed E-state index contributed by atoms with van der Waals surface area (Å²) in [7, 11) is -9.91. The zero-order chi connectivity index (χ0) is 71.4. The molecule has 3 N–H and O–H groups in total. The van der Waals surface area contributed by atoms with Crippen LogP contribution in [0.1, 0.15) is 408 Å². The minimum atomic E-state index is -4.96. The third-order valence-corrected chi connectivity index (χ3v) is 20.5. The highest BCUT2D eigenvalue weighted by Gasteiger charge is 2.30. The second-order valence-corrected chi connectivity index (χ2v) is 31.7. The molecule has 0 heterocycles. The first kappa shape index (κ1) is 95.1. The number of hydrogen-bond acceptors (Lipinski definition) is 15. The third kappa shape index (κ3) is 70.9. The number of aliphatic hydroxyl groups excluding tert-OH is 1. The molecule has 0 aromatic carbocycles. The molecule has 0 rings (SSSR count). The number of unbranched alkanes of at least 4 members (excludes halogenated alkanes) is 46. The molecule has 0 saturated heterocycles. The van der Waals surface area contributed by atoms with Gasteiger partial charge in [-0.15, -0.1) is 0 Å². The van der Waals surface area contributed by atoms with Crippen LogP contribution in [0, 0.1) is 11.8 Å². The monoisotopic (exact) mass is 1420 g/mol. The molecule has 0 amide bonds. The van der Waals surface area contributed by atoms with Crippen molar-refractivity contribution in [2.75, 3.05) is 39.6 Å². The van der Waals surface area contributed by atoms with E-state index in [9.17, 15) is 43.2 Å². The maximum Gasteiger partial charge on any atom is 0.472 e. The molecule has 0 saturated carbocycles. The van der Waals surface area contributed by atoms with Crippen LogP contribution in [0.4, 0.5) is 0 Å². The van der Waals surface area contributed by atoms with Gasteiger partial charge < -0.3 is 33.8 Å². The predicted molar refractivity (Wildman–Crippen MR) is 395 cm³/mol. The van der Waals surface area contributed by atoms with Crippen molar-refractivity contribution in [3.05, 3.63) is 0 Å². The Morgan fingerprint density at radius 2 is 0.526 bits per heavy atom. The van der Waals surface area contributed by atoms with Crippen LogP contribution in [0.3, 0.4) is 0 Å². The van der Waals surface area contributed by atoms with E-state index in [1.54, 1.807) is 0 Å². The van der Waals surface area contributed by atoms with Crippen LogP contribution in [-0.2, 0) is 65.4 Å². The van der Waals surface area contributed by atoms with Crippen LogP contribution < -0.4 is 0 Å². The maximum absolute atomic E-state index is 13.1. The molecule has 17 nitrogen and oxygen atoms in total. The Kier molecular flexibility index (Phi) is 68.4. The van der Waals surface area contributed by atoms with Gasteiger partial charge in [-0.2, -0.15) is 0 Å². The molecule has 0 fully saturated rings. The number of phosphoric acid groups is 2. The molecule has 0 radical (unpaired) electrons. The highest BCUT2D eigenvalue weighted by Crippen LogP contribution is 2.45. The Morgan fingerprint density at radius 3 is 0.784 bits per heavy atom. The van der Waals surface area contributed by atoms with E-state index in [0.29, 0.717) is 25.7 Å². The second-order valence-electron chi connectivity index (χ2n) is 28.8. The molecule has 19 heteroatoms. The summed E-state index contributed by atoms with van der Waals surface area (Å²) in [4.78, 5) is 72.8. The van der Waals surface area contributed by atoms with E-state index in [1.165, 1.54) is 218 Å². The highest BCUT2D eigenvalue weighted by atomic mass is 31.2. The van der Waals surface area contributed by atoms with Gasteiger partial charge in [0.2, 0.25) is 0 Å². The molecule has 0 aliphatic heterocycles. The molecule has 0 aliphatic rings. The summed E-state index contributed by atoms with van der Waals surface area (Å²) in [5.74, 6) is -0.462. The molecule has 3 unspecified atom stereocenters. The number of ether oxygens (including phenoxy) is 4. The highest BCUT2D eigenvalue weighted by molar-refractivity contribution is 7.47. The van der Waals surface area contributed by atoms with Crippen molar-refractivity contribution in [2.45, 2.75) is 426 Å². The van der Waals surface area contributed by atoms with Crippen molar-refractivity contribution in [3.63, 3.8) is 0 Å². The predicted octanol–water partition coefficient (Wildman–Crippen LogP) is 23.1. The minimum Gasteiger partial charge on any atom is -0.462 e. The molecule has 0 spiro atoms. The fourth-order valence-electron chi connectivity index (χ4n) is 12.0. The first-order chi connectivity index (χ1) is 46.9. The molecule has 97 heavy (non-hydrogen) atoms. The Morgan fingerprint density at radius 1 is 0.299 bits per heavy atom. The van der Waals surface area contributed by atoms with Crippen LogP contribution >= 0.6 is 15.6 Å². The first-order valence-corrected chi connectivity index (χ1v) is 43.5. The smallest absolute Gasteiger partial charge is 0.462 e. The van der Waals surface area contributed by atoms with Gasteiger partial charge in [0.25, 0.3) is 0 Å². The number of aliphatic hydroxyl groups is 1. The van der Waals surface area contributed by atoms with Gasteiger partial charge in [-0.05, 0) is 37.5 Å². The molecule has 6 atom stereocenters. The van der Waals surface area contributed by atoms with Gasteiger partial charge in [0.15, 0.2) is 12.2 Å². The quantitative estimate of drug-likeness (QED) is 0.0222. The Balaban J connectivity index is 5.17. The zero-order valence-electron chi connectivity index (χ0n) is 63.4. The number of carbonyl (C=O) groups excluding carboxylic acids is 4. The average molecular weight is 1420 g/mol. The third-order valence-electron chi connectivity index (χ3n) is 18.6. The van der Waals surface area contributed by atoms with Crippen molar-refractivity contribution >= 4 is 39.5 Å². The van der Waals surface area contributed by atoms with Crippen LogP contribution in [0.5, 0.6) is 0 Å². The molecule has 0 bridgehead atoms. The van der Waals surface area contributed by atoms with Crippen LogP contribution in [-0.4, -0.2) is 96.7 Å². The standard InChI is InChI=1S/C78H152O17P2/c1-7-10-12-14-16-18-19-32-38-44-50-56-62-77(82)94-73(66-88-75(80)60-54-48-42-17-15-13-11-8-2)68-92-96(84,85)90-64-72(79)65-91-97(86,87)93-69-74(67-89-76(81)61-55-49-43-37-33-29-28-30-35-40-46-52-58-70(4)5)95-78(83)63-57-51-45-39-34-27-25-23-21-20-22-24-26-31-36-41-47-53-59-71(6)9-3/h70-74,79H,7-69H2,1-6H3,(H,84,85)(H,86,87)/t71?,72-,73+,74+/m0/s1. The SMILES string of the molecule is CCCCCCCCCCCCCCC(=O)O[C@H](COC(=O)CCCCCCCCCC)COP(=O)(O)OC[C@H](O)COP(=O)(O)OC[C@@H](COC(=O)CCCCCCCCCCCCCCC(C)C)OC(=O)CCCCCCCCCCCCCCCCCCCCC(C)CC. The Hall–Kier alpha value is -1.94. The first-order valence-electron chi connectivity index (χ1n) is 40.5. The zero-order valence-corrected chi connectivity index (χ0v) is 65.2. The lowest BCUT2D eigenvalue weighted by molar-refractivity contribution is -0.161. The Labute approximate surface area is 594 Å². The van der Waals surface area contributed by atoms with Gasteiger partial charge in [-0.25, -0.2) is 9.13 Å². The van der Waals surface area contributed by atoms with Gasteiger partial charge in [-0.3, -0.25) is 37.3 Å². The molecule has 0 aromatic heterocycles. The van der Waals surface area contributed by atoms with Crippen molar-refractivity contribution in [3.8, 4) is 0 Å². The average Bonchev–Trinajstić information content (AvgIpc) is 3.03. The van der Waals surface area contributed by atoms with Crippen molar-refractivity contribution in [1.29, 1.82) is 0 Å². The maximum atomic E-state index is 13.1. The summed E-state index contributed by atoms with van der Waals surface area (Å²) in [6, 6.07) is 0. The fourth-order valence-corrected chi connectivity index (χ4v) is 13.6. The normalized spacial score (nSPS) is 14.2. The minimum absolute atomic E-state index is 0.107. The van der Waals surface area contributed by atoms with Gasteiger partial charge in [0, 0.05) is 25.7 Å². The van der Waals surface area contributed by atoms with Gasteiger partial charge in [-0.1, -0.05) is 356 Å². The summed E-state index contributed by atoms with van der Waals surface area (Å²) in [6.07, 6.45) is 58.3.